The normalized spacial score (nSPS) is 13.7. The first kappa shape index (κ1) is 5.59. The minimum atomic E-state index is -0.218. The molecule has 3 N–H and O–H groups in total. The van der Waals surface area contributed by atoms with E-state index in [2.05, 4.69) is 5.43 Å². The summed E-state index contributed by atoms with van der Waals surface area (Å²) in [6.45, 7) is 1.67. The summed E-state index contributed by atoms with van der Waals surface area (Å²) in [6, 6.07) is -0.218. The van der Waals surface area contributed by atoms with Gasteiger partial charge in [-0.05, 0) is 6.92 Å². The molecule has 3 heteroatoms. The van der Waals surface area contributed by atoms with E-state index in [-0.39, 0.29) is 6.04 Å². The quantitative estimate of drug-likeness (QED) is 0.259. The second-order valence-corrected chi connectivity index (χ2v) is 1.09. The first-order chi connectivity index (χ1) is 2.81. The van der Waals surface area contributed by atoms with E-state index in [4.69, 9.17) is 5.84 Å². The molecule has 0 bridgehead atoms. The van der Waals surface area contributed by atoms with Crippen molar-refractivity contribution in [3.63, 3.8) is 0 Å². The number of rotatable bonds is 2. The molecule has 0 aliphatic heterocycles. The van der Waals surface area contributed by atoms with E-state index in [9.17, 15) is 4.79 Å². The number of nitrogens with one attached hydrogen (secondary N) is 1. The molecule has 0 heterocycles. The molecule has 0 amide bonds. The fraction of sp³-hybridized carbons (Fsp3) is 0.667. The summed E-state index contributed by atoms with van der Waals surface area (Å²) in [7, 11) is 0. The molecule has 0 radical (unpaired) electrons. The summed E-state index contributed by atoms with van der Waals surface area (Å²) in [5.74, 6) is 4.80. The van der Waals surface area contributed by atoms with Gasteiger partial charge < -0.3 is 4.79 Å². The molecule has 3 nitrogen and oxygen atoms in total. The third kappa shape index (κ3) is 1.87. The summed E-state index contributed by atoms with van der Waals surface area (Å²) in [5.41, 5.74) is 2.25. The third-order valence-corrected chi connectivity index (χ3v) is 0.467. The van der Waals surface area contributed by atoms with Crippen LogP contribution in [0, 0.1) is 0 Å². The van der Waals surface area contributed by atoms with Crippen LogP contribution in [0.2, 0.25) is 0 Å². The van der Waals surface area contributed by atoms with Crippen molar-refractivity contribution in [3.05, 3.63) is 0 Å². The number of hydrazine groups is 1. The van der Waals surface area contributed by atoms with E-state index >= 15 is 0 Å². The van der Waals surface area contributed by atoms with Gasteiger partial charge in [0.05, 0.1) is 6.04 Å². The highest BCUT2D eigenvalue weighted by Crippen LogP contribution is 1.61. The first-order valence-electron chi connectivity index (χ1n) is 1.72. The lowest BCUT2D eigenvalue weighted by Crippen LogP contribution is -2.33. The SMILES string of the molecule is C[C@@H](C=O)NN. The molecule has 0 aliphatic carbocycles. The number of nitrogens with two attached hydrogens (primary N) is 1. The third-order valence-electron chi connectivity index (χ3n) is 0.467. The van der Waals surface area contributed by atoms with Gasteiger partial charge in [0.1, 0.15) is 6.29 Å². The van der Waals surface area contributed by atoms with Crippen molar-refractivity contribution in [2.45, 2.75) is 13.0 Å². The van der Waals surface area contributed by atoms with Gasteiger partial charge in [0.15, 0.2) is 0 Å². The molecule has 6 heavy (non-hydrogen) atoms. The Morgan fingerprint density at radius 3 is 2.50 bits per heavy atom. The Balaban J connectivity index is 2.96. The average Bonchev–Trinajstić information content (AvgIpc) is 1.65. The molecule has 0 saturated carbocycles. The average molecular weight is 88.1 g/mol. The Morgan fingerprint density at radius 2 is 2.50 bits per heavy atom. The monoisotopic (exact) mass is 88.1 g/mol. The molecule has 0 aromatic heterocycles. The lowest BCUT2D eigenvalue weighted by molar-refractivity contribution is -0.109. The van der Waals surface area contributed by atoms with Crippen LogP contribution >= 0.6 is 0 Å². The molecule has 0 rings (SSSR count). The zero-order valence-electron chi connectivity index (χ0n) is 3.64. The van der Waals surface area contributed by atoms with Crippen LogP contribution in [0.3, 0.4) is 0 Å². The van der Waals surface area contributed by atoms with Crippen molar-refractivity contribution in [1.82, 2.24) is 5.43 Å². The molecule has 0 aromatic rings. The van der Waals surface area contributed by atoms with Crippen molar-refractivity contribution in [2.75, 3.05) is 0 Å². The number of hydrogen-bond donors (Lipinski definition) is 2. The van der Waals surface area contributed by atoms with Crippen LogP contribution in [-0.4, -0.2) is 12.3 Å². The van der Waals surface area contributed by atoms with Crippen LogP contribution in [0.1, 0.15) is 6.92 Å². The molecule has 1 atom stereocenters. The molecule has 0 aromatic carbocycles. The van der Waals surface area contributed by atoms with Gasteiger partial charge in [-0.3, -0.25) is 11.3 Å². The van der Waals surface area contributed by atoms with Gasteiger partial charge >= 0.3 is 0 Å². The van der Waals surface area contributed by atoms with Crippen LogP contribution in [0.15, 0.2) is 0 Å². The van der Waals surface area contributed by atoms with Gasteiger partial charge in [0, 0.05) is 0 Å². The lowest BCUT2D eigenvalue weighted by atomic mass is 10.4. The largest absolute Gasteiger partial charge is 0.302 e. The molecule has 0 saturated heterocycles. The topological polar surface area (TPSA) is 55.1 Å². The summed E-state index contributed by atoms with van der Waals surface area (Å²) < 4.78 is 0. The minimum absolute atomic E-state index is 0.218. The van der Waals surface area contributed by atoms with E-state index in [0.717, 1.165) is 6.29 Å². The fourth-order valence-electron chi connectivity index (χ4n) is 0.0393. The Labute approximate surface area is 36.5 Å². The van der Waals surface area contributed by atoms with Crippen molar-refractivity contribution in [1.29, 1.82) is 0 Å². The number of carbonyl (C=O) groups is 1. The van der Waals surface area contributed by atoms with Crippen LogP contribution in [0.4, 0.5) is 0 Å². The molecule has 36 valence electrons. The summed E-state index contributed by atoms with van der Waals surface area (Å²) in [5, 5.41) is 0. The zero-order chi connectivity index (χ0) is 4.99. The first-order valence-corrected chi connectivity index (χ1v) is 1.72. The molecular formula is C3H8N2O. The Kier molecular flexibility index (Phi) is 2.62. The van der Waals surface area contributed by atoms with E-state index in [1.54, 1.807) is 6.92 Å². The summed E-state index contributed by atoms with van der Waals surface area (Å²) >= 11 is 0. The summed E-state index contributed by atoms with van der Waals surface area (Å²) in [4.78, 5) is 9.59. The van der Waals surface area contributed by atoms with Gasteiger partial charge in [-0.15, -0.1) is 0 Å². The van der Waals surface area contributed by atoms with Crippen LogP contribution in [-0.2, 0) is 4.79 Å². The van der Waals surface area contributed by atoms with Gasteiger partial charge in [0.25, 0.3) is 0 Å². The number of aldehydes is 1. The molecule has 0 spiro atoms. The van der Waals surface area contributed by atoms with E-state index in [1.165, 1.54) is 0 Å². The van der Waals surface area contributed by atoms with Crippen molar-refractivity contribution in [2.24, 2.45) is 5.84 Å². The van der Waals surface area contributed by atoms with E-state index < -0.39 is 0 Å². The highest BCUT2D eigenvalue weighted by molar-refractivity contribution is 5.56. The molecule has 0 fully saturated rings. The lowest BCUT2D eigenvalue weighted by Gasteiger charge is -1.94. The second kappa shape index (κ2) is 2.81. The Hall–Kier alpha value is -0.410. The van der Waals surface area contributed by atoms with Crippen LogP contribution < -0.4 is 11.3 Å². The van der Waals surface area contributed by atoms with Gasteiger partial charge in [-0.1, -0.05) is 0 Å². The van der Waals surface area contributed by atoms with Crippen LogP contribution in [0.25, 0.3) is 0 Å². The van der Waals surface area contributed by atoms with E-state index in [1.807, 2.05) is 0 Å². The highest BCUT2D eigenvalue weighted by Gasteiger charge is 1.87. The fourth-order valence-corrected chi connectivity index (χ4v) is 0.0393. The van der Waals surface area contributed by atoms with Crippen molar-refractivity contribution >= 4 is 6.29 Å². The maximum absolute atomic E-state index is 9.59. The molecular weight excluding hydrogens is 80.0 g/mol. The van der Waals surface area contributed by atoms with Gasteiger partial charge in [-0.25, -0.2) is 0 Å². The zero-order valence-corrected chi connectivity index (χ0v) is 3.64. The number of carbonyl (C=O) groups excluding carboxylic acids is 1. The van der Waals surface area contributed by atoms with Crippen LogP contribution in [0.5, 0.6) is 0 Å². The molecule has 0 unspecified atom stereocenters. The Morgan fingerprint density at radius 1 is 2.00 bits per heavy atom. The smallest absolute Gasteiger partial charge is 0.137 e. The highest BCUT2D eigenvalue weighted by atomic mass is 16.1. The van der Waals surface area contributed by atoms with Gasteiger partial charge in [-0.2, -0.15) is 0 Å². The maximum Gasteiger partial charge on any atom is 0.137 e. The van der Waals surface area contributed by atoms with Gasteiger partial charge in [0.2, 0.25) is 0 Å². The van der Waals surface area contributed by atoms with Crippen molar-refractivity contribution < 1.29 is 4.79 Å². The second-order valence-electron chi connectivity index (χ2n) is 1.09. The predicted molar refractivity (Wildman–Crippen MR) is 22.8 cm³/mol. The standard InChI is InChI=1S/C3H8N2O/c1-3(2-6)5-4/h2-3,5H,4H2,1H3/t3-/m0/s1. The summed E-state index contributed by atoms with van der Waals surface area (Å²) in [6.07, 6.45) is 0.736. The predicted octanol–water partition coefficient (Wildman–Crippen LogP) is -0.963. The Bertz CT molecular complexity index is 46.1. The minimum Gasteiger partial charge on any atom is -0.302 e. The van der Waals surface area contributed by atoms with Crippen molar-refractivity contribution in [3.8, 4) is 0 Å². The number of hydrogen-bond acceptors (Lipinski definition) is 3. The molecule has 0 aliphatic rings. The van der Waals surface area contributed by atoms with E-state index in [0.29, 0.717) is 0 Å². The maximum atomic E-state index is 9.59.